The molecule has 0 aliphatic heterocycles. The van der Waals surface area contributed by atoms with Crippen molar-refractivity contribution in [2.45, 2.75) is 46.6 Å². The number of carbonyl (C=O) groups is 1. The fourth-order valence-corrected chi connectivity index (χ4v) is 6.29. The second kappa shape index (κ2) is 10.8. The van der Waals surface area contributed by atoms with Crippen LogP contribution in [0, 0.1) is 21.4 Å². The third kappa shape index (κ3) is 5.84. The minimum Gasteiger partial charge on any atom is -0.467 e. The summed E-state index contributed by atoms with van der Waals surface area (Å²) in [4.78, 5) is 30.3. The minimum atomic E-state index is -0.494. The van der Waals surface area contributed by atoms with Gasteiger partial charge >= 0.3 is 0 Å². The van der Waals surface area contributed by atoms with Crippen LogP contribution in [-0.2, 0) is 19.4 Å². The van der Waals surface area contributed by atoms with Crippen molar-refractivity contribution in [1.82, 2.24) is 5.32 Å². The highest BCUT2D eigenvalue weighted by molar-refractivity contribution is 7.16. The lowest BCUT2D eigenvalue weighted by atomic mass is 9.72. The number of halogens is 1. The Morgan fingerprint density at radius 2 is 2.10 bits per heavy atom. The summed E-state index contributed by atoms with van der Waals surface area (Å²) in [5.74, 6) is 1.74. The molecule has 5 rings (SSSR count). The fraction of sp³-hybridized carbons (Fsp3) is 0.310. The summed E-state index contributed by atoms with van der Waals surface area (Å²) >= 11 is 7.48. The first-order valence-electron chi connectivity index (χ1n) is 12.6. The van der Waals surface area contributed by atoms with Gasteiger partial charge < -0.3 is 14.2 Å². The maximum Gasteiger partial charge on any atom is 0.281 e. The molecule has 0 unspecified atom stereocenters. The fourth-order valence-electron chi connectivity index (χ4n) is 4.86. The number of nitro benzene ring substituents is 1. The Hall–Kier alpha value is -3.69. The number of nitrogens with one attached hydrogen (secondary N) is 1. The maximum absolute atomic E-state index is 13.4. The van der Waals surface area contributed by atoms with E-state index in [4.69, 9.17) is 20.4 Å². The number of hydrogen-bond donors (Lipinski definition) is 1. The second-order valence-electron chi connectivity index (χ2n) is 10.6. The highest BCUT2D eigenvalue weighted by atomic mass is 35.5. The number of aliphatic imine (C=N–C) groups is 1. The van der Waals surface area contributed by atoms with Gasteiger partial charge in [0.1, 0.15) is 22.3 Å². The molecular weight excluding hydrogens is 538 g/mol. The highest BCUT2D eigenvalue weighted by Gasteiger charge is 2.33. The first kappa shape index (κ1) is 26.9. The second-order valence-corrected chi connectivity index (χ2v) is 12.2. The number of hydrogen-bond acceptors (Lipinski definition) is 7. The summed E-state index contributed by atoms with van der Waals surface area (Å²) in [7, 11) is 0. The monoisotopic (exact) mass is 565 g/mol. The third-order valence-electron chi connectivity index (χ3n) is 7.06. The largest absolute Gasteiger partial charge is 0.467 e. The van der Waals surface area contributed by atoms with Crippen LogP contribution < -0.4 is 5.32 Å². The van der Waals surface area contributed by atoms with Gasteiger partial charge in [0.05, 0.1) is 35.1 Å². The van der Waals surface area contributed by atoms with Crippen molar-refractivity contribution in [1.29, 1.82) is 0 Å². The molecule has 1 aliphatic carbocycles. The number of furan rings is 2. The predicted octanol–water partition coefficient (Wildman–Crippen LogP) is 7.99. The topological polar surface area (TPSA) is 111 Å². The van der Waals surface area contributed by atoms with Crippen molar-refractivity contribution in [2.75, 3.05) is 0 Å². The number of nitro groups is 1. The molecule has 202 valence electrons. The first-order valence-corrected chi connectivity index (χ1v) is 13.8. The molecule has 1 aromatic carbocycles. The predicted molar refractivity (Wildman–Crippen MR) is 152 cm³/mol. The molecule has 1 atom stereocenters. The third-order valence-corrected chi connectivity index (χ3v) is 8.46. The van der Waals surface area contributed by atoms with Crippen LogP contribution in [0.4, 0.5) is 10.7 Å². The molecule has 1 amide bonds. The zero-order valence-electron chi connectivity index (χ0n) is 21.8. The van der Waals surface area contributed by atoms with Gasteiger partial charge in [0.25, 0.3) is 11.6 Å². The molecule has 39 heavy (non-hydrogen) atoms. The van der Waals surface area contributed by atoms with Crippen LogP contribution in [0.1, 0.15) is 59.5 Å². The van der Waals surface area contributed by atoms with Gasteiger partial charge in [0.15, 0.2) is 0 Å². The van der Waals surface area contributed by atoms with Crippen LogP contribution in [0.5, 0.6) is 0 Å². The van der Waals surface area contributed by atoms with E-state index in [-0.39, 0.29) is 28.6 Å². The molecule has 4 aromatic rings. The van der Waals surface area contributed by atoms with Crippen molar-refractivity contribution in [3.05, 3.63) is 91.4 Å². The molecular formula is C29H28ClN3O5S. The number of amides is 1. The molecule has 0 saturated heterocycles. The Morgan fingerprint density at radius 1 is 1.28 bits per heavy atom. The standard InChI is InChI=1S/C29H28ClN3O5S/c1-29(2,3)17-6-9-22-25(13-17)39-28(26(22)27(34)31-15-19-5-4-12-37-19)32-16-20-8-11-24(38-20)21-10-7-18(30)14-23(21)33(35)36/h4-5,7-8,10-12,14,16-17H,6,9,13,15H2,1-3H3,(H,31,34)/t17-/m0/s1. The smallest absolute Gasteiger partial charge is 0.281 e. The van der Waals surface area contributed by atoms with Crippen LogP contribution in [0.15, 0.2) is 62.6 Å². The van der Waals surface area contributed by atoms with Crippen molar-refractivity contribution >= 4 is 45.7 Å². The van der Waals surface area contributed by atoms with E-state index < -0.39 is 4.92 Å². The number of nitrogens with zero attached hydrogens (tertiary/aromatic N) is 2. The van der Waals surface area contributed by atoms with Crippen LogP contribution in [0.3, 0.4) is 0 Å². The Bertz CT molecular complexity index is 1550. The van der Waals surface area contributed by atoms with Crippen LogP contribution in [0.25, 0.3) is 11.3 Å². The van der Waals surface area contributed by atoms with Gasteiger partial charge in [-0.3, -0.25) is 14.9 Å². The SMILES string of the molecule is CC(C)(C)[C@H]1CCc2c(sc(N=Cc3ccc(-c4ccc(Cl)cc4[N+](=O)[O-])o3)c2C(=O)NCc2ccco2)C1. The van der Waals surface area contributed by atoms with Gasteiger partial charge in [-0.25, -0.2) is 4.99 Å². The molecule has 0 spiro atoms. The van der Waals surface area contributed by atoms with E-state index in [0.717, 1.165) is 24.8 Å². The summed E-state index contributed by atoms with van der Waals surface area (Å²) in [6.07, 6.45) is 5.86. The number of benzene rings is 1. The average Bonchev–Trinajstić information content (AvgIpc) is 3.65. The van der Waals surface area contributed by atoms with Crippen molar-refractivity contribution in [3.63, 3.8) is 0 Å². The van der Waals surface area contributed by atoms with E-state index in [2.05, 4.69) is 31.1 Å². The number of fused-ring (bicyclic) bond motifs is 1. The average molecular weight is 566 g/mol. The molecule has 0 radical (unpaired) electrons. The summed E-state index contributed by atoms with van der Waals surface area (Å²) in [5.41, 5.74) is 1.99. The first-order chi connectivity index (χ1) is 18.6. The molecule has 1 aliphatic rings. The van der Waals surface area contributed by atoms with E-state index in [9.17, 15) is 14.9 Å². The lowest BCUT2D eigenvalue weighted by molar-refractivity contribution is -0.384. The lowest BCUT2D eigenvalue weighted by Crippen LogP contribution is -2.28. The number of rotatable bonds is 7. The van der Waals surface area contributed by atoms with Gasteiger partial charge in [-0.05, 0) is 72.6 Å². The molecule has 10 heteroatoms. The zero-order valence-corrected chi connectivity index (χ0v) is 23.4. The van der Waals surface area contributed by atoms with Crippen molar-refractivity contribution < 1.29 is 18.6 Å². The maximum atomic E-state index is 13.4. The van der Waals surface area contributed by atoms with Crippen molar-refractivity contribution in [2.24, 2.45) is 16.3 Å². The molecule has 0 saturated carbocycles. The van der Waals surface area contributed by atoms with Crippen LogP contribution in [0.2, 0.25) is 5.02 Å². The number of carbonyl (C=O) groups excluding carboxylic acids is 1. The molecule has 3 aromatic heterocycles. The molecule has 1 N–H and O–H groups in total. The normalized spacial score (nSPS) is 15.4. The minimum absolute atomic E-state index is 0.143. The zero-order chi connectivity index (χ0) is 27.7. The van der Waals surface area contributed by atoms with E-state index in [1.54, 1.807) is 42.8 Å². The van der Waals surface area contributed by atoms with Gasteiger partial charge in [-0.15, -0.1) is 11.3 Å². The van der Waals surface area contributed by atoms with Gasteiger partial charge in [-0.2, -0.15) is 0 Å². The van der Waals surface area contributed by atoms with Crippen LogP contribution in [-0.4, -0.2) is 17.0 Å². The molecule has 3 heterocycles. The Labute approximate surface area is 234 Å². The van der Waals surface area contributed by atoms with Gasteiger partial charge in [0.2, 0.25) is 0 Å². The molecule has 0 fully saturated rings. The van der Waals surface area contributed by atoms with Gasteiger partial charge in [-0.1, -0.05) is 32.4 Å². The van der Waals surface area contributed by atoms with Crippen molar-refractivity contribution in [3.8, 4) is 11.3 Å². The van der Waals surface area contributed by atoms with E-state index in [1.165, 1.54) is 22.3 Å². The summed E-state index contributed by atoms with van der Waals surface area (Å²) in [6, 6.07) is 11.4. The van der Waals surface area contributed by atoms with E-state index in [1.807, 2.05) is 6.07 Å². The van der Waals surface area contributed by atoms with Gasteiger partial charge in [0, 0.05) is 16.0 Å². The summed E-state index contributed by atoms with van der Waals surface area (Å²) in [6.45, 7) is 7.05. The lowest BCUT2D eigenvalue weighted by Gasteiger charge is -2.33. The van der Waals surface area contributed by atoms with Crippen LogP contribution >= 0.6 is 22.9 Å². The Morgan fingerprint density at radius 3 is 2.82 bits per heavy atom. The Kier molecular flexibility index (Phi) is 7.46. The quantitative estimate of drug-likeness (QED) is 0.139. The summed E-state index contributed by atoms with van der Waals surface area (Å²) in [5, 5.41) is 15.4. The molecule has 8 nitrogen and oxygen atoms in total. The Balaban J connectivity index is 1.45. The molecule has 0 bridgehead atoms. The summed E-state index contributed by atoms with van der Waals surface area (Å²) < 4.78 is 11.2. The number of thiophene rings is 1. The highest BCUT2D eigenvalue weighted by Crippen LogP contribution is 2.45. The van der Waals surface area contributed by atoms with E-state index >= 15 is 0 Å². The van der Waals surface area contributed by atoms with E-state index in [0.29, 0.717) is 39.3 Å².